The molecule has 0 spiro atoms. The maximum absolute atomic E-state index is 12.4. The van der Waals surface area contributed by atoms with Crippen LogP contribution in [0.25, 0.3) is 16.9 Å². The van der Waals surface area contributed by atoms with Crippen molar-refractivity contribution < 1.29 is 9.53 Å². The number of anilines is 1. The highest BCUT2D eigenvalue weighted by Crippen LogP contribution is 2.21. The summed E-state index contributed by atoms with van der Waals surface area (Å²) in [5.41, 5.74) is 1.01. The topological polar surface area (TPSA) is 98.1 Å². The standard InChI is InChI=1S/C20H24ClN7O2/c1-20(2,3)30-19(29)27-6-4-5-13(11-27)25-17-9-22-10-18(26-17)28-12-24-14-8-23-16(21)7-15(14)28/h7-10,12-13H,4-6,11H2,1-3H3,(H,25,26)/t13-/m1/s1. The molecule has 1 atom stereocenters. The van der Waals surface area contributed by atoms with Gasteiger partial charge in [-0.05, 0) is 33.6 Å². The third kappa shape index (κ3) is 4.62. The van der Waals surface area contributed by atoms with Crippen LogP contribution < -0.4 is 5.32 Å². The van der Waals surface area contributed by atoms with Crippen LogP contribution in [0.2, 0.25) is 5.15 Å². The molecule has 1 N–H and O–H groups in total. The summed E-state index contributed by atoms with van der Waals surface area (Å²) in [6, 6.07) is 1.81. The van der Waals surface area contributed by atoms with Crippen LogP contribution in [0.15, 0.2) is 31.0 Å². The number of ether oxygens (including phenoxy) is 1. The molecule has 0 aromatic carbocycles. The van der Waals surface area contributed by atoms with Crippen LogP contribution >= 0.6 is 11.6 Å². The molecule has 158 valence electrons. The third-order valence-electron chi connectivity index (χ3n) is 4.69. The van der Waals surface area contributed by atoms with E-state index >= 15 is 0 Å². The van der Waals surface area contributed by atoms with Crippen LogP contribution in [-0.4, -0.2) is 60.2 Å². The normalized spacial score (nSPS) is 17.2. The molecule has 30 heavy (non-hydrogen) atoms. The van der Waals surface area contributed by atoms with E-state index in [1.807, 2.05) is 25.3 Å². The van der Waals surface area contributed by atoms with E-state index in [4.69, 9.17) is 16.3 Å². The average Bonchev–Trinajstić information content (AvgIpc) is 3.10. The van der Waals surface area contributed by atoms with Gasteiger partial charge in [-0.1, -0.05) is 11.6 Å². The Bertz CT molecular complexity index is 1060. The molecule has 0 bridgehead atoms. The number of likely N-dealkylation sites (tertiary alicyclic amines) is 1. The maximum atomic E-state index is 12.4. The molecule has 1 fully saturated rings. The monoisotopic (exact) mass is 429 g/mol. The van der Waals surface area contributed by atoms with E-state index in [-0.39, 0.29) is 12.1 Å². The molecule has 0 aliphatic carbocycles. The maximum Gasteiger partial charge on any atom is 0.410 e. The summed E-state index contributed by atoms with van der Waals surface area (Å²) in [5.74, 6) is 1.25. The first-order valence-corrected chi connectivity index (χ1v) is 10.2. The van der Waals surface area contributed by atoms with Gasteiger partial charge in [0.2, 0.25) is 0 Å². The minimum absolute atomic E-state index is 0.0639. The van der Waals surface area contributed by atoms with Crippen molar-refractivity contribution in [3.63, 3.8) is 0 Å². The van der Waals surface area contributed by atoms with Gasteiger partial charge in [0.05, 0.1) is 24.1 Å². The molecule has 0 saturated carbocycles. The van der Waals surface area contributed by atoms with Gasteiger partial charge in [-0.15, -0.1) is 0 Å². The van der Waals surface area contributed by atoms with E-state index in [0.717, 1.165) is 23.9 Å². The summed E-state index contributed by atoms with van der Waals surface area (Å²) in [6.07, 6.45) is 8.16. The Kier molecular flexibility index (Phi) is 5.46. The lowest BCUT2D eigenvalue weighted by Gasteiger charge is -2.34. The first kappa shape index (κ1) is 20.3. The molecule has 3 aromatic rings. The number of nitrogens with zero attached hydrogens (tertiary/aromatic N) is 6. The van der Waals surface area contributed by atoms with Gasteiger partial charge in [0.1, 0.15) is 28.4 Å². The Balaban J connectivity index is 1.49. The molecule has 1 aliphatic heterocycles. The number of amides is 1. The predicted octanol–water partition coefficient (Wildman–Crippen LogP) is 3.68. The van der Waals surface area contributed by atoms with E-state index in [1.165, 1.54) is 0 Å². The van der Waals surface area contributed by atoms with Crippen LogP contribution in [0.1, 0.15) is 33.6 Å². The lowest BCUT2D eigenvalue weighted by Crippen LogP contribution is -2.47. The fourth-order valence-electron chi connectivity index (χ4n) is 3.41. The number of pyridine rings is 1. The average molecular weight is 430 g/mol. The van der Waals surface area contributed by atoms with Gasteiger partial charge in [-0.2, -0.15) is 0 Å². The molecule has 1 saturated heterocycles. The highest BCUT2D eigenvalue weighted by atomic mass is 35.5. The van der Waals surface area contributed by atoms with Gasteiger partial charge < -0.3 is 15.0 Å². The Morgan fingerprint density at radius 2 is 2.10 bits per heavy atom. The van der Waals surface area contributed by atoms with Gasteiger partial charge in [0, 0.05) is 25.2 Å². The smallest absolute Gasteiger partial charge is 0.410 e. The number of hydrogen-bond acceptors (Lipinski definition) is 7. The van der Waals surface area contributed by atoms with Gasteiger partial charge in [0.25, 0.3) is 0 Å². The van der Waals surface area contributed by atoms with Crippen LogP contribution in [-0.2, 0) is 4.74 Å². The van der Waals surface area contributed by atoms with Crippen LogP contribution in [0.3, 0.4) is 0 Å². The fraction of sp³-hybridized carbons (Fsp3) is 0.450. The number of hydrogen-bond donors (Lipinski definition) is 1. The van der Waals surface area contributed by atoms with E-state index in [9.17, 15) is 4.79 Å². The van der Waals surface area contributed by atoms with E-state index in [1.54, 1.807) is 35.9 Å². The fourth-order valence-corrected chi connectivity index (χ4v) is 3.56. The second kappa shape index (κ2) is 8.06. The van der Waals surface area contributed by atoms with Crippen molar-refractivity contribution in [1.82, 2.24) is 29.4 Å². The number of aromatic nitrogens is 5. The molecule has 1 aliphatic rings. The molecule has 4 rings (SSSR count). The molecule has 0 unspecified atom stereocenters. The molecule has 0 radical (unpaired) electrons. The van der Waals surface area contributed by atoms with Crippen LogP contribution in [0.5, 0.6) is 0 Å². The van der Waals surface area contributed by atoms with Crippen molar-refractivity contribution in [2.24, 2.45) is 0 Å². The van der Waals surface area contributed by atoms with Crippen molar-refractivity contribution in [3.8, 4) is 5.82 Å². The SMILES string of the molecule is CC(C)(C)OC(=O)N1CCC[C@@H](Nc2cncc(-n3cnc4cnc(Cl)cc43)n2)C1. The first-order chi connectivity index (χ1) is 14.3. The lowest BCUT2D eigenvalue weighted by atomic mass is 10.1. The van der Waals surface area contributed by atoms with Gasteiger partial charge in [-0.3, -0.25) is 9.55 Å². The van der Waals surface area contributed by atoms with Crippen molar-refractivity contribution in [2.45, 2.75) is 45.3 Å². The highest BCUT2D eigenvalue weighted by molar-refractivity contribution is 6.29. The number of fused-ring (bicyclic) bond motifs is 1. The number of carbonyl (C=O) groups is 1. The summed E-state index contributed by atoms with van der Waals surface area (Å²) in [4.78, 5) is 31.5. The molecule has 1 amide bonds. The van der Waals surface area contributed by atoms with Gasteiger partial charge in [0.15, 0.2) is 5.82 Å². The number of rotatable bonds is 3. The third-order valence-corrected chi connectivity index (χ3v) is 4.90. The van der Waals surface area contributed by atoms with E-state index in [0.29, 0.717) is 29.9 Å². The Morgan fingerprint density at radius 3 is 2.90 bits per heavy atom. The lowest BCUT2D eigenvalue weighted by molar-refractivity contribution is 0.0206. The summed E-state index contributed by atoms with van der Waals surface area (Å²) in [5, 5.41) is 3.78. The van der Waals surface area contributed by atoms with Crippen molar-refractivity contribution in [3.05, 3.63) is 36.1 Å². The van der Waals surface area contributed by atoms with Crippen molar-refractivity contribution in [2.75, 3.05) is 18.4 Å². The second-order valence-electron chi connectivity index (χ2n) is 8.28. The summed E-state index contributed by atoms with van der Waals surface area (Å²) < 4.78 is 7.31. The van der Waals surface area contributed by atoms with Crippen molar-refractivity contribution in [1.29, 1.82) is 0 Å². The first-order valence-electron chi connectivity index (χ1n) is 9.84. The number of nitrogens with one attached hydrogen (secondary N) is 1. The molecular formula is C20H24ClN7O2. The number of halogens is 1. The predicted molar refractivity (Wildman–Crippen MR) is 114 cm³/mol. The zero-order valence-corrected chi connectivity index (χ0v) is 17.9. The van der Waals surface area contributed by atoms with E-state index < -0.39 is 5.60 Å². The van der Waals surface area contributed by atoms with Gasteiger partial charge in [-0.25, -0.2) is 19.7 Å². The summed E-state index contributed by atoms with van der Waals surface area (Å²) >= 11 is 6.03. The minimum atomic E-state index is -0.511. The Labute approximate surface area is 179 Å². The highest BCUT2D eigenvalue weighted by Gasteiger charge is 2.27. The summed E-state index contributed by atoms with van der Waals surface area (Å²) in [7, 11) is 0. The molecule has 3 aromatic heterocycles. The number of piperidine rings is 1. The second-order valence-corrected chi connectivity index (χ2v) is 8.67. The molecule has 9 nitrogen and oxygen atoms in total. The summed E-state index contributed by atoms with van der Waals surface area (Å²) in [6.45, 7) is 6.85. The van der Waals surface area contributed by atoms with Crippen molar-refractivity contribution >= 4 is 34.5 Å². The Morgan fingerprint density at radius 1 is 1.27 bits per heavy atom. The molecule has 4 heterocycles. The Hall–Kier alpha value is -2.94. The number of carbonyl (C=O) groups excluding carboxylic acids is 1. The molecule has 10 heteroatoms. The van der Waals surface area contributed by atoms with Gasteiger partial charge >= 0.3 is 6.09 Å². The van der Waals surface area contributed by atoms with E-state index in [2.05, 4.69) is 25.3 Å². The van der Waals surface area contributed by atoms with Crippen LogP contribution in [0.4, 0.5) is 10.6 Å². The van der Waals surface area contributed by atoms with Crippen LogP contribution in [0, 0.1) is 0 Å². The zero-order chi connectivity index (χ0) is 21.3. The molecular weight excluding hydrogens is 406 g/mol. The number of imidazole rings is 1. The zero-order valence-electron chi connectivity index (χ0n) is 17.2. The minimum Gasteiger partial charge on any atom is -0.444 e. The largest absolute Gasteiger partial charge is 0.444 e. The quantitative estimate of drug-likeness (QED) is 0.634.